The Hall–Kier alpha value is -2.23. The molecule has 1 aromatic rings. The number of carbonyl (C=O) groups is 1. The Balaban J connectivity index is 2.88. The van der Waals surface area contributed by atoms with Crippen LogP contribution in [0.5, 0.6) is 11.5 Å². The van der Waals surface area contributed by atoms with Gasteiger partial charge >= 0.3 is 5.97 Å². The van der Waals surface area contributed by atoms with Gasteiger partial charge < -0.3 is 14.9 Å². The number of phenols is 1. The average Bonchev–Trinajstić information content (AvgIpc) is 2.26. The number of rotatable bonds is 5. The van der Waals surface area contributed by atoms with Crippen LogP contribution in [-0.2, 0) is 4.79 Å². The number of phenolic OH excluding ortho intramolecular Hbond substituents is 1. The van der Waals surface area contributed by atoms with Gasteiger partial charge in [-0.3, -0.25) is 0 Å². The van der Waals surface area contributed by atoms with E-state index in [2.05, 4.69) is 6.58 Å². The van der Waals surface area contributed by atoms with E-state index < -0.39 is 5.97 Å². The van der Waals surface area contributed by atoms with E-state index in [1.807, 2.05) is 0 Å². The molecule has 0 radical (unpaired) electrons. The van der Waals surface area contributed by atoms with Gasteiger partial charge in [0.05, 0.1) is 0 Å². The number of ether oxygens (including phenoxy) is 1. The molecular weight excluding hydrogens is 208 g/mol. The van der Waals surface area contributed by atoms with E-state index in [0.29, 0.717) is 11.3 Å². The third-order valence-corrected chi connectivity index (χ3v) is 1.76. The van der Waals surface area contributed by atoms with Gasteiger partial charge in [0.2, 0.25) is 0 Å². The molecule has 0 fully saturated rings. The monoisotopic (exact) mass is 220 g/mol. The van der Waals surface area contributed by atoms with Crippen molar-refractivity contribution < 1.29 is 19.7 Å². The highest BCUT2D eigenvalue weighted by Gasteiger charge is 2.01. The second-order valence-electron chi connectivity index (χ2n) is 3.00. The molecule has 0 spiro atoms. The molecule has 16 heavy (non-hydrogen) atoms. The molecule has 0 heterocycles. The molecule has 2 N–H and O–H groups in total. The topological polar surface area (TPSA) is 66.8 Å². The molecule has 0 aliphatic heterocycles. The van der Waals surface area contributed by atoms with Crippen LogP contribution in [0, 0.1) is 0 Å². The van der Waals surface area contributed by atoms with Gasteiger partial charge in [0.15, 0.2) is 11.5 Å². The minimum atomic E-state index is -1.03. The van der Waals surface area contributed by atoms with Crippen molar-refractivity contribution in [1.82, 2.24) is 0 Å². The van der Waals surface area contributed by atoms with E-state index in [9.17, 15) is 9.90 Å². The highest BCUT2D eigenvalue weighted by atomic mass is 16.5. The number of hydrogen-bond donors (Lipinski definition) is 2. The standard InChI is InChI=1S/C12H12O4/c1-2-7-16-11-8-9(3-5-10(11)13)4-6-12(14)15/h2-6,8,13H,1,7H2,(H,14,15). The van der Waals surface area contributed by atoms with Gasteiger partial charge in [0, 0.05) is 6.08 Å². The van der Waals surface area contributed by atoms with Crippen molar-refractivity contribution >= 4 is 12.0 Å². The first-order valence-corrected chi connectivity index (χ1v) is 4.61. The fourth-order valence-corrected chi connectivity index (χ4v) is 1.07. The summed E-state index contributed by atoms with van der Waals surface area (Å²) in [6, 6.07) is 4.59. The number of aromatic hydroxyl groups is 1. The molecule has 4 heteroatoms. The van der Waals surface area contributed by atoms with E-state index in [1.54, 1.807) is 18.2 Å². The summed E-state index contributed by atoms with van der Waals surface area (Å²) >= 11 is 0. The molecule has 0 bridgehead atoms. The van der Waals surface area contributed by atoms with Gasteiger partial charge in [0.25, 0.3) is 0 Å². The summed E-state index contributed by atoms with van der Waals surface area (Å²) in [7, 11) is 0. The summed E-state index contributed by atoms with van der Waals surface area (Å²) in [6.07, 6.45) is 3.99. The van der Waals surface area contributed by atoms with Crippen LogP contribution in [0.4, 0.5) is 0 Å². The predicted octanol–water partition coefficient (Wildman–Crippen LogP) is 2.05. The maximum Gasteiger partial charge on any atom is 0.328 e. The summed E-state index contributed by atoms with van der Waals surface area (Å²) in [4.78, 5) is 10.3. The van der Waals surface area contributed by atoms with Gasteiger partial charge in [-0.05, 0) is 23.8 Å². The minimum Gasteiger partial charge on any atom is -0.504 e. The zero-order chi connectivity index (χ0) is 12.0. The SMILES string of the molecule is C=CCOc1cc(C=CC(=O)O)ccc1O. The number of hydrogen-bond acceptors (Lipinski definition) is 3. The van der Waals surface area contributed by atoms with E-state index >= 15 is 0 Å². The summed E-state index contributed by atoms with van der Waals surface area (Å²) < 4.78 is 5.18. The van der Waals surface area contributed by atoms with Gasteiger partial charge in [0.1, 0.15) is 6.61 Å². The zero-order valence-electron chi connectivity index (χ0n) is 8.59. The molecule has 84 valence electrons. The normalized spacial score (nSPS) is 10.2. The number of carboxylic acids is 1. The molecule has 0 saturated carbocycles. The largest absolute Gasteiger partial charge is 0.504 e. The summed E-state index contributed by atoms with van der Waals surface area (Å²) in [5, 5.41) is 17.9. The quantitative estimate of drug-likeness (QED) is 0.588. The first-order valence-electron chi connectivity index (χ1n) is 4.61. The Bertz CT molecular complexity index is 421. The molecule has 0 amide bonds. The van der Waals surface area contributed by atoms with Crippen LogP contribution in [0.3, 0.4) is 0 Å². The smallest absolute Gasteiger partial charge is 0.328 e. The summed E-state index contributed by atoms with van der Waals surface area (Å²) in [6.45, 7) is 3.77. The molecule has 0 atom stereocenters. The van der Waals surface area contributed by atoms with E-state index in [-0.39, 0.29) is 12.4 Å². The van der Waals surface area contributed by atoms with Crippen molar-refractivity contribution in [2.24, 2.45) is 0 Å². The molecule has 0 aliphatic carbocycles. The zero-order valence-corrected chi connectivity index (χ0v) is 8.59. The highest BCUT2D eigenvalue weighted by Crippen LogP contribution is 2.27. The molecule has 0 aliphatic rings. The molecule has 0 aromatic heterocycles. The number of benzene rings is 1. The Morgan fingerprint density at radius 3 is 2.88 bits per heavy atom. The Kier molecular flexibility index (Phi) is 4.15. The van der Waals surface area contributed by atoms with Gasteiger partial charge in [-0.2, -0.15) is 0 Å². The first-order chi connectivity index (χ1) is 7.63. The molecule has 0 saturated heterocycles. The third kappa shape index (κ3) is 3.49. The predicted molar refractivity (Wildman–Crippen MR) is 60.5 cm³/mol. The lowest BCUT2D eigenvalue weighted by atomic mass is 10.2. The van der Waals surface area contributed by atoms with E-state index in [1.165, 1.54) is 12.1 Å². The van der Waals surface area contributed by atoms with Gasteiger partial charge in [-0.15, -0.1) is 0 Å². The molecule has 1 aromatic carbocycles. The van der Waals surface area contributed by atoms with Crippen molar-refractivity contribution in [3.8, 4) is 11.5 Å². The van der Waals surface area contributed by atoms with Crippen LogP contribution >= 0.6 is 0 Å². The molecule has 1 rings (SSSR count). The second kappa shape index (κ2) is 5.60. The van der Waals surface area contributed by atoms with Gasteiger partial charge in [-0.1, -0.05) is 18.7 Å². The lowest BCUT2D eigenvalue weighted by Gasteiger charge is -2.06. The van der Waals surface area contributed by atoms with Crippen LogP contribution in [0.25, 0.3) is 6.08 Å². The molecular formula is C12H12O4. The van der Waals surface area contributed by atoms with Gasteiger partial charge in [-0.25, -0.2) is 4.79 Å². The molecule has 4 nitrogen and oxygen atoms in total. The third-order valence-electron chi connectivity index (χ3n) is 1.76. The number of aliphatic carboxylic acids is 1. The Labute approximate surface area is 93.1 Å². The maximum atomic E-state index is 10.3. The average molecular weight is 220 g/mol. The van der Waals surface area contributed by atoms with E-state index in [4.69, 9.17) is 9.84 Å². The highest BCUT2D eigenvalue weighted by molar-refractivity contribution is 5.85. The van der Waals surface area contributed by atoms with Crippen LogP contribution in [0.1, 0.15) is 5.56 Å². The summed E-state index contributed by atoms with van der Waals surface area (Å²) in [5.74, 6) is -0.719. The second-order valence-corrected chi connectivity index (χ2v) is 3.00. The lowest BCUT2D eigenvalue weighted by molar-refractivity contribution is -0.131. The van der Waals surface area contributed by atoms with Crippen molar-refractivity contribution in [2.45, 2.75) is 0 Å². The lowest BCUT2D eigenvalue weighted by Crippen LogP contribution is -1.93. The Morgan fingerprint density at radius 2 is 2.25 bits per heavy atom. The minimum absolute atomic E-state index is 0.00863. The fraction of sp³-hybridized carbons (Fsp3) is 0.0833. The van der Waals surface area contributed by atoms with Crippen LogP contribution in [0.2, 0.25) is 0 Å². The van der Waals surface area contributed by atoms with Crippen molar-refractivity contribution in [3.05, 3.63) is 42.5 Å². The van der Waals surface area contributed by atoms with Crippen molar-refractivity contribution in [3.63, 3.8) is 0 Å². The Morgan fingerprint density at radius 1 is 1.50 bits per heavy atom. The molecule has 0 unspecified atom stereocenters. The van der Waals surface area contributed by atoms with Crippen molar-refractivity contribution in [2.75, 3.05) is 6.61 Å². The first kappa shape index (κ1) is 11.8. The van der Waals surface area contributed by atoms with Crippen LogP contribution in [-0.4, -0.2) is 22.8 Å². The maximum absolute atomic E-state index is 10.3. The number of carboxylic acid groups (broad SMARTS) is 1. The van der Waals surface area contributed by atoms with Crippen LogP contribution < -0.4 is 4.74 Å². The van der Waals surface area contributed by atoms with Crippen LogP contribution in [0.15, 0.2) is 36.9 Å². The fourth-order valence-electron chi connectivity index (χ4n) is 1.07. The van der Waals surface area contributed by atoms with Crippen molar-refractivity contribution in [1.29, 1.82) is 0 Å². The summed E-state index contributed by atoms with van der Waals surface area (Å²) in [5.41, 5.74) is 0.638. The van der Waals surface area contributed by atoms with E-state index in [0.717, 1.165) is 6.08 Å².